The zero-order valence-electron chi connectivity index (χ0n) is 7.50. The van der Waals surface area contributed by atoms with E-state index >= 15 is 0 Å². The Morgan fingerprint density at radius 2 is 1.83 bits per heavy atom. The highest BCUT2D eigenvalue weighted by atomic mass is 32.2. The van der Waals surface area contributed by atoms with Crippen molar-refractivity contribution >= 4 is 10.9 Å². The molecule has 0 nitrogen and oxygen atoms in total. The largest absolute Gasteiger partial charge is 0.168 e. The first kappa shape index (κ1) is 9.22. The maximum atomic E-state index is 3.16. The molecule has 0 bridgehead atoms. The highest BCUT2D eigenvalue weighted by Crippen LogP contribution is 1.94. The third-order valence-corrected chi connectivity index (χ3v) is 2.09. The fraction of sp³-hybridized carbons (Fsp3) is 0.273. The standard InChI is InChI=1S/C11H13S/c1-12(2)10-6-9-11-7-4-3-5-8-11/h3-5,7-8H,10H2,1-2H3/q+1. The first-order chi connectivity index (χ1) is 5.79. The van der Waals surface area contributed by atoms with Gasteiger partial charge in [0, 0.05) is 5.56 Å². The minimum Gasteiger partial charge on any atom is -0.0622 e. The molecule has 0 unspecified atom stereocenters. The average Bonchev–Trinajstić information content (AvgIpc) is 2.05. The predicted octanol–water partition coefficient (Wildman–Crippen LogP) is 1.92. The first-order valence-electron chi connectivity index (χ1n) is 3.87. The molecule has 12 heavy (non-hydrogen) atoms. The maximum Gasteiger partial charge on any atom is 0.168 e. The third kappa shape index (κ3) is 3.50. The molecule has 0 radical (unpaired) electrons. The zero-order valence-corrected chi connectivity index (χ0v) is 8.32. The van der Waals surface area contributed by atoms with Crippen LogP contribution in [-0.4, -0.2) is 18.3 Å². The normalized spacial score (nSPS) is 9.25. The van der Waals surface area contributed by atoms with Crippen molar-refractivity contribution in [3.8, 4) is 11.8 Å². The summed E-state index contributed by atoms with van der Waals surface area (Å²) in [6, 6.07) is 10.1. The zero-order chi connectivity index (χ0) is 8.81. The summed E-state index contributed by atoms with van der Waals surface area (Å²) >= 11 is 0. The number of benzene rings is 1. The molecule has 1 aromatic carbocycles. The van der Waals surface area contributed by atoms with Crippen LogP contribution in [0, 0.1) is 11.8 Å². The smallest absolute Gasteiger partial charge is 0.0622 e. The monoisotopic (exact) mass is 177 g/mol. The second kappa shape index (κ2) is 4.90. The quantitative estimate of drug-likeness (QED) is 0.454. The maximum absolute atomic E-state index is 3.16. The van der Waals surface area contributed by atoms with Gasteiger partial charge in [0.05, 0.1) is 12.5 Å². The lowest BCUT2D eigenvalue weighted by molar-refractivity contribution is 1.64. The first-order valence-corrected chi connectivity index (χ1v) is 6.08. The van der Waals surface area contributed by atoms with Crippen LogP contribution >= 0.6 is 0 Å². The van der Waals surface area contributed by atoms with Crippen molar-refractivity contribution in [1.29, 1.82) is 0 Å². The van der Waals surface area contributed by atoms with Crippen molar-refractivity contribution in [1.82, 2.24) is 0 Å². The van der Waals surface area contributed by atoms with Crippen molar-refractivity contribution < 1.29 is 0 Å². The van der Waals surface area contributed by atoms with Crippen molar-refractivity contribution in [2.75, 3.05) is 18.3 Å². The lowest BCUT2D eigenvalue weighted by Gasteiger charge is -1.87. The molecular formula is C11H13S+. The van der Waals surface area contributed by atoms with E-state index < -0.39 is 0 Å². The molecule has 62 valence electrons. The molecule has 1 rings (SSSR count). The van der Waals surface area contributed by atoms with Gasteiger partial charge in [0.2, 0.25) is 0 Å². The highest BCUT2D eigenvalue weighted by Gasteiger charge is 1.94. The Hall–Kier alpha value is -0.870. The van der Waals surface area contributed by atoms with Gasteiger partial charge in [-0.25, -0.2) is 0 Å². The van der Waals surface area contributed by atoms with Crippen LogP contribution in [0.15, 0.2) is 30.3 Å². The van der Waals surface area contributed by atoms with Crippen LogP contribution in [-0.2, 0) is 10.9 Å². The summed E-state index contributed by atoms with van der Waals surface area (Å²) in [5.41, 5.74) is 1.11. The summed E-state index contributed by atoms with van der Waals surface area (Å²) in [5.74, 6) is 7.31. The summed E-state index contributed by atoms with van der Waals surface area (Å²) in [5, 5.41) is 0. The van der Waals surface area contributed by atoms with Gasteiger partial charge in [0.15, 0.2) is 5.75 Å². The number of rotatable bonds is 1. The van der Waals surface area contributed by atoms with Gasteiger partial charge in [0.1, 0.15) is 0 Å². The fourth-order valence-corrected chi connectivity index (χ4v) is 1.16. The molecule has 0 spiro atoms. The van der Waals surface area contributed by atoms with Crippen LogP contribution < -0.4 is 0 Å². The van der Waals surface area contributed by atoms with Crippen molar-refractivity contribution in [3.05, 3.63) is 35.9 Å². The second-order valence-corrected chi connectivity index (χ2v) is 5.06. The van der Waals surface area contributed by atoms with E-state index in [0.29, 0.717) is 10.9 Å². The molecule has 0 fully saturated rings. The lowest BCUT2D eigenvalue weighted by Crippen LogP contribution is -1.97. The van der Waals surface area contributed by atoms with E-state index in [4.69, 9.17) is 0 Å². The average molecular weight is 177 g/mol. The van der Waals surface area contributed by atoms with Gasteiger partial charge < -0.3 is 0 Å². The molecule has 1 aromatic rings. The summed E-state index contributed by atoms with van der Waals surface area (Å²) in [4.78, 5) is 0. The van der Waals surface area contributed by atoms with Gasteiger partial charge in [-0.2, -0.15) is 0 Å². The molecule has 0 saturated carbocycles. The summed E-state index contributed by atoms with van der Waals surface area (Å²) in [6.45, 7) is 0. The molecule has 0 heterocycles. The SMILES string of the molecule is C[S+](C)CC#Cc1ccccc1. The van der Waals surface area contributed by atoms with Crippen LogP contribution in [0.4, 0.5) is 0 Å². The van der Waals surface area contributed by atoms with Crippen LogP contribution in [0.1, 0.15) is 5.56 Å². The van der Waals surface area contributed by atoms with Crippen LogP contribution in [0.5, 0.6) is 0 Å². The van der Waals surface area contributed by atoms with Crippen molar-refractivity contribution in [2.24, 2.45) is 0 Å². The van der Waals surface area contributed by atoms with Crippen LogP contribution in [0.25, 0.3) is 0 Å². The van der Waals surface area contributed by atoms with Crippen molar-refractivity contribution in [3.63, 3.8) is 0 Å². The Balaban J connectivity index is 2.55. The van der Waals surface area contributed by atoms with Gasteiger partial charge in [-0.05, 0) is 28.9 Å². The molecular weight excluding hydrogens is 164 g/mol. The van der Waals surface area contributed by atoms with E-state index in [1.54, 1.807) is 0 Å². The lowest BCUT2D eigenvalue weighted by atomic mass is 10.2. The Labute approximate surface area is 77.3 Å². The number of hydrogen-bond acceptors (Lipinski definition) is 0. The molecule has 0 aliphatic heterocycles. The third-order valence-electron chi connectivity index (χ3n) is 1.37. The van der Waals surface area contributed by atoms with Crippen LogP contribution in [0.2, 0.25) is 0 Å². The van der Waals surface area contributed by atoms with E-state index in [2.05, 4.69) is 24.4 Å². The summed E-state index contributed by atoms with van der Waals surface area (Å²) in [7, 11) is 0.437. The Morgan fingerprint density at radius 1 is 1.17 bits per heavy atom. The molecule has 0 N–H and O–H groups in total. The molecule has 1 heteroatoms. The van der Waals surface area contributed by atoms with Gasteiger partial charge in [-0.1, -0.05) is 24.1 Å². The van der Waals surface area contributed by atoms with E-state index in [1.165, 1.54) is 0 Å². The topological polar surface area (TPSA) is 0 Å². The molecule has 0 atom stereocenters. The van der Waals surface area contributed by atoms with Gasteiger partial charge in [0.25, 0.3) is 0 Å². The van der Waals surface area contributed by atoms with E-state index in [-0.39, 0.29) is 0 Å². The molecule has 0 saturated heterocycles. The summed E-state index contributed by atoms with van der Waals surface area (Å²) < 4.78 is 0. The van der Waals surface area contributed by atoms with E-state index in [0.717, 1.165) is 11.3 Å². The number of hydrogen-bond donors (Lipinski definition) is 0. The minimum atomic E-state index is 0.437. The Kier molecular flexibility index (Phi) is 3.76. The second-order valence-electron chi connectivity index (χ2n) is 2.80. The highest BCUT2D eigenvalue weighted by molar-refractivity contribution is 7.95. The molecule has 0 amide bonds. The minimum absolute atomic E-state index is 0.437. The molecule has 0 aliphatic rings. The van der Waals surface area contributed by atoms with Crippen LogP contribution in [0.3, 0.4) is 0 Å². The molecule has 0 aliphatic carbocycles. The van der Waals surface area contributed by atoms with Gasteiger partial charge in [-0.15, -0.1) is 0 Å². The van der Waals surface area contributed by atoms with Crippen molar-refractivity contribution in [2.45, 2.75) is 0 Å². The van der Waals surface area contributed by atoms with Gasteiger partial charge in [-0.3, -0.25) is 0 Å². The van der Waals surface area contributed by atoms with E-state index in [1.807, 2.05) is 30.3 Å². The molecule has 0 aromatic heterocycles. The van der Waals surface area contributed by atoms with E-state index in [9.17, 15) is 0 Å². The Bertz CT molecular complexity index is 277. The fourth-order valence-electron chi connectivity index (χ4n) is 0.804. The summed E-state index contributed by atoms with van der Waals surface area (Å²) in [6.07, 6.45) is 4.42. The predicted molar refractivity (Wildman–Crippen MR) is 57.4 cm³/mol. The van der Waals surface area contributed by atoms with Gasteiger partial charge >= 0.3 is 0 Å². The Morgan fingerprint density at radius 3 is 2.42 bits per heavy atom.